The van der Waals surface area contributed by atoms with E-state index in [9.17, 15) is 27.6 Å². The number of carbonyl (C=O) groups excluding carboxylic acids is 3. The number of amides is 3. The van der Waals surface area contributed by atoms with Gasteiger partial charge in [0, 0.05) is 44.3 Å². The van der Waals surface area contributed by atoms with Crippen LogP contribution in [-0.4, -0.2) is 65.6 Å². The molecule has 33 heavy (non-hydrogen) atoms. The number of nitrogens with two attached hydrogens (primary N) is 1. The molecular formula is C21H28F3N5O4. The van der Waals surface area contributed by atoms with Crippen molar-refractivity contribution in [2.75, 3.05) is 31.1 Å². The third-order valence-electron chi connectivity index (χ3n) is 5.56. The molecule has 0 unspecified atom stereocenters. The normalized spacial score (nSPS) is 21.3. The molecule has 3 amide bonds. The van der Waals surface area contributed by atoms with Crippen LogP contribution in [0.25, 0.3) is 0 Å². The Kier molecular flexibility index (Phi) is 6.75. The first-order valence-electron chi connectivity index (χ1n) is 10.6. The third kappa shape index (κ3) is 6.05. The smallest absolute Gasteiger partial charge is 0.417 e. The van der Waals surface area contributed by atoms with Crippen molar-refractivity contribution in [1.29, 1.82) is 0 Å². The zero-order valence-corrected chi connectivity index (χ0v) is 18.7. The van der Waals surface area contributed by atoms with Crippen LogP contribution in [0.1, 0.15) is 49.5 Å². The Balaban J connectivity index is 1.53. The summed E-state index contributed by atoms with van der Waals surface area (Å²) >= 11 is 0. The van der Waals surface area contributed by atoms with Crippen LogP contribution in [-0.2, 0) is 15.7 Å². The first-order valence-corrected chi connectivity index (χ1v) is 10.6. The topological polar surface area (TPSA) is 118 Å². The lowest BCUT2D eigenvalue weighted by Crippen LogP contribution is -2.55. The van der Waals surface area contributed by atoms with E-state index in [2.05, 4.69) is 10.3 Å². The van der Waals surface area contributed by atoms with Crippen molar-refractivity contribution in [2.45, 2.75) is 51.4 Å². The second-order valence-electron chi connectivity index (χ2n) is 9.28. The van der Waals surface area contributed by atoms with Crippen LogP contribution in [0.5, 0.6) is 0 Å². The van der Waals surface area contributed by atoms with Crippen LogP contribution in [0.15, 0.2) is 12.3 Å². The molecule has 2 fully saturated rings. The van der Waals surface area contributed by atoms with Crippen molar-refractivity contribution in [2.24, 2.45) is 11.7 Å². The number of nitrogens with zero attached hydrogens (tertiary/aromatic N) is 3. The lowest BCUT2D eigenvalue weighted by molar-refractivity contribution is -0.139. The highest BCUT2D eigenvalue weighted by Gasteiger charge is 2.39. The Bertz CT molecular complexity index is 917. The van der Waals surface area contributed by atoms with Crippen LogP contribution < -0.4 is 16.0 Å². The van der Waals surface area contributed by atoms with Gasteiger partial charge in [-0.15, -0.1) is 0 Å². The standard InChI is InChI=1S/C21H28F3N5O4/c1-20(2,3)33-19(32)27-14-8-12(9-14)18(31)29-6-4-28(5-7-29)17-15(16(25)30)10-13(11-26-17)21(22,23)24/h10-12,14H,4-9H2,1-3H3,(H2,25,30)(H,27,32). The molecule has 2 aliphatic rings. The average molecular weight is 471 g/mol. The number of piperazine rings is 1. The van der Waals surface area contributed by atoms with E-state index < -0.39 is 29.3 Å². The maximum Gasteiger partial charge on any atom is 0.417 e. The molecule has 0 spiro atoms. The number of alkyl carbamates (subject to hydrolysis) is 1. The molecule has 1 aliphatic heterocycles. The van der Waals surface area contributed by atoms with Crippen LogP contribution in [0.2, 0.25) is 0 Å². The molecule has 1 saturated carbocycles. The van der Waals surface area contributed by atoms with Crippen molar-refractivity contribution in [3.05, 3.63) is 23.4 Å². The molecule has 1 aromatic rings. The van der Waals surface area contributed by atoms with Crippen molar-refractivity contribution < 1.29 is 32.3 Å². The third-order valence-corrected chi connectivity index (χ3v) is 5.56. The molecule has 3 N–H and O–H groups in total. The quantitative estimate of drug-likeness (QED) is 0.695. The van der Waals surface area contributed by atoms with Crippen molar-refractivity contribution in [3.8, 4) is 0 Å². The SMILES string of the molecule is CC(C)(C)OC(=O)NC1CC(C(=O)N2CCN(c3ncc(C(F)(F)F)cc3C(N)=O)CC2)C1. The van der Waals surface area contributed by atoms with Crippen LogP contribution in [0, 0.1) is 5.92 Å². The van der Waals surface area contributed by atoms with E-state index in [0.717, 1.165) is 0 Å². The Morgan fingerprint density at radius 3 is 2.24 bits per heavy atom. The summed E-state index contributed by atoms with van der Waals surface area (Å²) in [5.41, 5.74) is 3.33. The second-order valence-corrected chi connectivity index (χ2v) is 9.28. The van der Waals surface area contributed by atoms with Gasteiger partial charge in [0.1, 0.15) is 11.4 Å². The maximum absolute atomic E-state index is 12.9. The number of primary amides is 1. The lowest BCUT2D eigenvalue weighted by Gasteiger charge is -2.41. The number of rotatable bonds is 4. The number of ether oxygens (including phenoxy) is 1. The van der Waals surface area contributed by atoms with Crippen molar-refractivity contribution in [3.63, 3.8) is 0 Å². The number of carbonyl (C=O) groups is 3. The van der Waals surface area contributed by atoms with Gasteiger partial charge in [-0.3, -0.25) is 9.59 Å². The fourth-order valence-electron chi connectivity index (χ4n) is 3.85. The molecular weight excluding hydrogens is 443 g/mol. The Morgan fingerprint density at radius 1 is 1.12 bits per heavy atom. The maximum atomic E-state index is 12.9. The summed E-state index contributed by atoms with van der Waals surface area (Å²) < 4.78 is 44.1. The summed E-state index contributed by atoms with van der Waals surface area (Å²) in [5, 5.41) is 2.75. The summed E-state index contributed by atoms with van der Waals surface area (Å²) in [5.74, 6) is -1.16. The van der Waals surface area contributed by atoms with Crippen molar-refractivity contribution in [1.82, 2.24) is 15.2 Å². The van der Waals surface area contributed by atoms with E-state index in [0.29, 0.717) is 51.3 Å². The van der Waals surface area contributed by atoms with E-state index >= 15 is 0 Å². The molecule has 0 radical (unpaired) electrons. The highest BCUT2D eigenvalue weighted by Crippen LogP contribution is 2.33. The minimum Gasteiger partial charge on any atom is -0.444 e. The molecule has 0 bridgehead atoms. The summed E-state index contributed by atoms with van der Waals surface area (Å²) in [6, 6.07) is 0.582. The highest BCUT2D eigenvalue weighted by atomic mass is 19.4. The number of anilines is 1. The predicted octanol–water partition coefficient (Wildman–Crippen LogP) is 2.15. The molecule has 3 rings (SSSR count). The fraction of sp³-hybridized carbons (Fsp3) is 0.619. The summed E-state index contributed by atoms with van der Waals surface area (Å²) in [7, 11) is 0. The zero-order chi connectivity index (χ0) is 24.6. The minimum absolute atomic E-state index is 0.0348. The lowest BCUT2D eigenvalue weighted by atomic mass is 9.79. The molecule has 0 atom stereocenters. The number of nitrogens with one attached hydrogen (secondary N) is 1. The van der Waals surface area contributed by atoms with E-state index in [1.165, 1.54) is 0 Å². The first-order chi connectivity index (χ1) is 15.2. The van der Waals surface area contributed by atoms with Gasteiger partial charge in [-0.2, -0.15) is 13.2 Å². The Labute approximate surface area is 189 Å². The van der Waals surface area contributed by atoms with Gasteiger partial charge in [0.25, 0.3) is 5.91 Å². The summed E-state index contributed by atoms with van der Waals surface area (Å²) in [4.78, 5) is 43.5. The Morgan fingerprint density at radius 2 is 1.73 bits per heavy atom. The van der Waals surface area contributed by atoms with Gasteiger partial charge >= 0.3 is 12.3 Å². The number of aromatic nitrogens is 1. The molecule has 1 aliphatic carbocycles. The zero-order valence-electron chi connectivity index (χ0n) is 18.7. The largest absolute Gasteiger partial charge is 0.444 e. The predicted molar refractivity (Wildman–Crippen MR) is 112 cm³/mol. The number of hydrogen-bond donors (Lipinski definition) is 2. The van der Waals surface area contributed by atoms with Gasteiger partial charge in [-0.25, -0.2) is 9.78 Å². The minimum atomic E-state index is -4.64. The van der Waals surface area contributed by atoms with Crippen LogP contribution in [0.4, 0.5) is 23.8 Å². The number of hydrogen-bond acceptors (Lipinski definition) is 6. The summed E-state index contributed by atoms with van der Waals surface area (Å²) in [6.07, 6.45) is -3.44. The van der Waals surface area contributed by atoms with E-state index in [1.807, 2.05) is 0 Å². The average Bonchev–Trinajstić information content (AvgIpc) is 2.67. The Hall–Kier alpha value is -3.05. The molecule has 1 saturated heterocycles. The molecule has 182 valence electrons. The molecule has 0 aromatic carbocycles. The summed E-state index contributed by atoms with van der Waals surface area (Å²) in [6.45, 7) is 6.58. The molecule has 9 nitrogen and oxygen atoms in total. The number of alkyl halides is 3. The van der Waals surface area contributed by atoms with E-state index in [4.69, 9.17) is 10.5 Å². The van der Waals surface area contributed by atoms with Gasteiger partial charge < -0.3 is 25.6 Å². The monoisotopic (exact) mass is 471 g/mol. The number of pyridine rings is 1. The van der Waals surface area contributed by atoms with Gasteiger partial charge in [0.15, 0.2) is 0 Å². The van der Waals surface area contributed by atoms with E-state index in [1.54, 1.807) is 30.6 Å². The molecule has 2 heterocycles. The van der Waals surface area contributed by atoms with Gasteiger partial charge in [0.2, 0.25) is 5.91 Å². The highest BCUT2D eigenvalue weighted by molar-refractivity contribution is 5.98. The van der Waals surface area contributed by atoms with Crippen LogP contribution >= 0.6 is 0 Å². The molecule has 12 heteroatoms. The van der Waals surface area contributed by atoms with Crippen LogP contribution in [0.3, 0.4) is 0 Å². The second kappa shape index (κ2) is 9.06. The fourth-order valence-corrected chi connectivity index (χ4v) is 3.85. The van der Waals surface area contributed by atoms with Crippen molar-refractivity contribution >= 4 is 23.7 Å². The molecule has 1 aromatic heterocycles. The first kappa shape index (κ1) is 24.6. The van der Waals surface area contributed by atoms with Gasteiger partial charge in [0.05, 0.1) is 11.1 Å². The van der Waals surface area contributed by atoms with Gasteiger partial charge in [-0.1, -0.05) is 0 Å². The van der Waals surface area contributed by atoms with Gasteiger partial charge in [-0.05, 0) is 39.7 Å². The van der Waals surface area contributed by atoms with E-state index in [-0.39, 0.29) is 29.2 Å². The number of halogens is 3.